The molecule has 1 aliphatic rings. The van der Waals surface area contributed by atoms with Crippen LogP contribution in [0.5, 0.6) is 5.75 Å². The van der Waals surface area contributed by atoms with Crippen LogP contribution >= 0.6 is 0 Å². The quantitative estimate of drug-likeness (QED) is 0.445. The van der Waals surface area contributed by atoms with Crippen molar-refractivity contribution in [3.63, 3.8) is 0 Å². The van der Waals surface area contributed by atoms with E-state index in [1.54, 1.807) is 6.07 Å². The number of carbonyl (C=O) groups excluding carboxylic acids is 2. The van der Waals surface area contributed by atoms with Gasteiger partial charge >= 0.3 is 11.9 Å². The van der Waals surface area contributed by atoms with Crippen molar-refractivity contribution in [3.8, 4) is 5.75 Å². The van der Waals surface area contributed by atoms with Crippen molar-refractivity contribution in [2.45, 2.75) is 0 Å². The first kappa shape index (κ1) is 11.5. The molecule has 0 amide bonds. The zero-order valence-electron chi connectivity index (χ0n) is 10.2. The normalized spacial score (nSPS) is 15.4. The van der Waals surface area contributed by atoms with Gasteiger partial charge in [0.05, 0.1) is 12.7 Å². The van der Waals surface area contributed by atoms with Gasteiger partial charge in [0, 0.05) is 11.6 Å². The molecule has 19 heavy (non-hydrogen) atoms. The Morgan fingerprint density at radius 3 is 2.79 bits per heavy atom. The molecule has 1 heterocycles. The lowest BCUT2D eigenvalue weighted by molar-refractivity contribution is -0.135. The van der Waals surface area contributed by atoms with Crippen molar-refractivity contribution in [3.05, 3.63) is 48.0 Å². The van der Waals surface area contributed by atoms with E-state index in [2.05, 4.69) is 4.74 Å². The fourth-order valence-electron chi connectivity index (χ4n) is 2.18. The molecule has 0 N–H and O–H groups in total. The van der Waals surface area contributed by atoms with Gasteiger partial charge in [0.15, 0.2) is 0 Å². The number of hydrogen-bond acceptors (Lipinski definition) is 4. The fourth-order valence-corrected chi connectivity index (χ4v) is 2.18. The van der Waals surface area contributed by atoms with E-state index in [0.29, 0.717) is 11.3 Å². The average molecular weight is 254 g/mol. The maximum atomic E-state index is 11.8. The molecule has 4 nitrogen and oxygen atoms in total. The van der Waals surface area contributed by atoms with Gasteiger partial charge in [0.1, 0.15) is 5.75 Å². The molecule has 94 valence electrons. The number of fused-ring (bicyclic) bond motifs is 3. The van der Waals surface area contributed by atoms with Gasteiger partial charge in [-0.05, 0) is 16.8 Å². The third-order valence-corrected chi connectivity index (χ3v) is 3.05. The minimum atomic E-state index is -0.576. The fraction of sp³-hybridized carbons (Fsp3) is 0.0667. The lowest BCUT2D eigenvalue weighted by Crippen LogP contribution is -2.04. The highest BCUT2D eigenvalue weighted by atomic mass is 16.5. The molecule has 3 rings (SSSR count). The molecule has 4 heteroatoms. The van der Waals surface area contributed by atoms with E-state index >= 15 is 0 Å². The van der Waals surface area contributed by atoms with Crippen LogP contribution in [0.1, 0.15) is 5.56 Å². The Labute approximate surface area is 109 Å². The molecular formula is C15H10O4. The lowest BCUT2D eigenvalue weighted by atomic mass is 9.99. The van der Waals surface area contributed by atoms with Crippen LogP contribution < -0.4 is 4.74 Å². The van der Waals surface area contributed by atoms with Gasteiger partial charge in [-0.2, -0.15) is 0 Å². The predicted octanol–water partition coefficient (Wildman–Crippen LogP) is 2.32. The second kappa shape index (κ2) is 4.24. The first-order chi connectivity index (χ1) is 9.20. The molecule has 0 aliphatic carbocycles. The third kappa shape index (κ3) is 1.78. The van der Waals surface area contributed by atoms with Crippen LogP contribution in [0, 0.1) is 0 Å². The Balaban J connectivity index is 2.29. The SMILES string of the molecule is COC(=O)/C=C1/C(=O)Oc2ccc3ccccc3c21. The largest absolute Gasteiger partial charge is 0.466 e. The second-order valence-corrected chi connectivity index (χ2v) is 4.13. The minimum absolute atomic E-state index is 0.235. The van der Waals surface area contributed by atoms with E-state index in [1.807, 2.05) is 30.3 Å². The van der Waals surface area contributed by atoms with E-state index in [0.717, 1.165) is 10.8 Å². The van der Waals surface area contributed by atoms with Crippen molar-refractivity contribution in [1.82, 2.24) is 0 Å². The highest BCUT2D eigenvalue weighted by Gasteiger charge is 2.29. The molecule has 0 unspecified atom stereocenters. The molecule has 2 aromatic rings. The number of rotatable bonds is 1. The van der Waals surface area contributed by atoms with Gasteiger partial charge in [0.25, 0.3) is 0 Å². The molecule has 0 saturated heterocycles. The summed E-state index contributed by atoms with van der Waals surface area (Å²) in [7, 11) is 1.27. The van der Waals surface area contributed by atoms with Crippen LogP contribution in [0.25, 0.3) is 16.3 Å². The van der Waals surface area contributed by atoms with Crippen LogP contribution in [0.15, 0.2) is 42.5 Å². The third-order valence-electron chi connectivity index (χ3n) is 3.05. The average Bonchev–Trinajstić information content (AvgIpc) is 2.75. The van der Waals surface area contributed by atoms with Gasteiger partial charge in [-0.25, -0.2) is 9.59 Å². The topological polar surface area (TPSA) is 52.6 Å². The number of ether oxygens (including phenoxy) is 2. The van der Waals surface area contributed by atoms with Crippen molar-refractivity contribution in [2.75, 3.05) is 7.11 Å². The lowest BCUT2D eigenvalue weighted by Gasteiger charge is -2.03. The van der Waals surface area contributed by atoms with Crippen LogP contribution in [0.4, 0.5) is 0 Å². The van der Waals surface area contributed by atoms with Gasteiger partial charge in [-0.15, -0.1) is 0 Å². The van der Waals surface area contributed by atoms with Gasteiger partial charge in [-0.1, -0.05) is 30.3 Å². The molecule has 2 aromatic carbocycles. The van der Waals surface area contributed by atoms with Gasteiger partial charge in [-0.3, -0.25) is 0 Å². The molecule has 0 aromatic heterocycles. The Morgan fingerprint density at radius 1 is 1.21 bits per heavy atom. The van der Waals surface area contributed by atoms with Gasteiger partial charge in [0.2, 0.25) is 0 Å². The summed E-state index contributed by atoms with van der Waals surface area (Å²) in [5.41, 5.74) is 0.882. The highest BCUT2D eigenvalue weighted by Crippen LogP contribution is 2.39. The Hall–Kier alpha value is -2.62. The second-order valence-electron chi connectivity index (χ2n) is 4.13. The van der Waals surface area contributed by atoms with E-state index in [-0.39, 0.29) is 5.57 Å². The Morgan fingerprint density at radius 2 is 2.00 bits per heavy atom. The van der Waals surface area contributed by atoms with Crippen LogP contribution in [0.2, 0.25) is 0 Å². The smallest absolute Gasteiger partial charge is 0.344 e. The van der Waals surface area contributed by atoms with E-state index in [9.17, 15) is 9.59 Å². The van der Waals surface area contributed by atoms with E-state index in [4.69, 9.17) is 4.74 Å². The van der Waals surface area contributed by atoms with E-state index in [1.165, 1.54) is 13.2 Å². The zero-order valence-corrected chi connectivity index (χ0v) is 10.2. The molecule has 1 aliphatic heterocycles. The van der Waals surface area contributed by atoms with Gasteiger partial charge < -0.3 is 9.47 Å². The summed E-state index contributed by atoms with van der Waals surface area (Å²) in [4.78, 5) is 23.2. The molecular weight excluding hydrogens is 244 g/mol. The number of esters is 2. The van der Waals surface area contributed by atoms with Crippen LogP contribution in [-0.2, 0) is 14.3 Å². The molecule has 0 radical (unpaired) electrons. The summed E-state index contributed by atoms with van der Waals surface area (Å²) in [6, 6.07) is 11.2. The summed E-state index contributed by atoms with van der Waals surface area (Å²) in [6.45, 7) is 0. The Bertz CT molecular complexity index is 728. The maximum absolute atomic E-state index is 11.8. The minimum Gasteiger partial charge on any atom is -0.466 e. The first-order valence-electron chi connectivity index (χ1n) is 5.74. The van der Waals surface area contributed by atoms with Crippen LogP contribution in [-0.4, -0.2) is 19.0 Å². The standard InChI is InChI=1S/C15H10O4/c1-18-13(16)8-11-14-10-5-3-2-4-9(10)6-7-12(14)19-15(11)17/h2-8H,1H3/b11-8+. The first-order valence-corrected chi connectivity index (χ1v) is 5.74. The molecule has 0 saturated carbocycles. The number of hydrogen-bond donors (Lipinski definition) is 0. The van der Waals surface area contributed by atoms with Crippen molar-refractivity contribution >= 4 is 28.3 Å². The number of methoxy groups -OCH3 is 1. The Kier molecular flexibility index (Phi) is 2.56. The van der Waals surface area contributed by atoms with Crippen molar-refractivity contribution in [2.24, 2.45) is 0 Å². The number of carbonyl (C=O) groups is 2. The predicted molar refractivity (Wildman–Crippen MR) is 69.6 cm³/mol. The zero-order chi connectivity index (χ0) is 13.4. The molecule has 0 fully saturated rings. The summed E-state index contributed by atoms with van der Waals surface area (Å²) in [5.74, 6) is -0.636. The summed E-state index contributed by atoms with van der Waals surface area (Å²) >= 11 is 0. The molecule has 0 atom stereocenters. The molecule has 0 bridgehead atoms. The highest BCUT2D eigenvalue weighted by molar-refractivity contribution is 6.28. The summed E-state index contributed by atoms with van der Waals surface area (Å²) in [6.07, 6.45) is 1.17. The molecule has 0 spiro atoms. The number of benzene rings is 2. The summed E-state index contributed by atoms with van der Waals surface area (Å²) in [5, 5.41) is 1.86. The monoisotopic (exact) mass is 254 g/mol. The maximum Gasteiger partial charge on any atom is 0.344 e. The van der Waals surface area contributed by atoms with Crippen molar-refractivity contribution in [1.29, 1.82) is 0 Å². The van der Waals surface area contributed by atoms with Crippen molar-refractivity contribution < 1.29 is 19.1 Å². The van der Waals surface area contributed by atoms with Crippen LogP contribution in [0.3, 0.4) is 0 Å². The van der Waals surface area contributed by atoms with E-state index < -0.39 is 11.9 Å². The summed E-state index contributed by atoms with van der Waals surface area (Å²) < 4.78 is 9.72.